The van der Waals surface area contributed by atoms with E-state index < -0.39 is 0 Å². The first kappa shape index (κ1) is 15.5. The number of nitrogens with one attached hydrogen (secondary N) is 2. The van der Waals surface area contributed by atoms with E-state index in [1.54, 1.807) is 12.3 Å². The molecule has 0 aliphatic carbocycles. The van der Waals surface area contributed by atoms with Gasteiger partial charge in [-0.1, -0.05) is 22.0 Å². The van der Waals surface area contributed by atoms with Gasteiger partial charge in [0.1, 0.15) is 5.69 Å². The van der Waals surface area contributed by atoms with Crippen molar-refractivity contribution in [1.29, 1.82) is 0 Å². The van der Waals surface area contributed by atoms with Crippen molar-refractivity contribution in [1.82, 2.24) is 4.98 Å². The molecule has 2 rings (SSSR count). The minimum Gasteiger partial charge on any atom is -0.382 e. The highest BCUT2D eigenvalue weighted by molar-refractivity contribution is 9.10. The number of halogens is 1. The lowest BCUT2D eigenvalue weighted by atomic mass is 10.2. The van der Waals surface area contributed by atoms with E-state index in [9.17, 15) is 4.79 Å². The average Bonchev–Trinajstić information content (AvgIpc) is 2.43. The van der Waals surface area contributed by atoms with Gasteiger partial charge in [-0.2, -0.15) is 0 Å². The lowest BCUT2D eigenvalue weighted by molar-refractivity contribution is 0.102. The molecular formula is C16H18BrN3O. The Bertz CT molecular complexity index is 638. The first-order chi connectivity index (χ1) is 9.95. The summed E-state index contributed by atoms with van der Waals surface area (Å²) < 4.78 is 0.963. The molecule has 2 aromatic rings. The molecular weight excluding hydrogens is 330 g/mol. The van der Waals surface area contributed by atoms with E-state index in [1.165, 1.54) is 0 Å². The first-order valence-electron chi connectivity index (χ1n) is 6.76. The fourth-order valence-corrected chi connectivity index (χ4v) is 2.19. The Kier molecular flexibility index (Phi) is 4.96. The molecule has 4 nitrogen and oxygen atoms in total. The van der Waals surface area contributed by atoms with Crippen molar-refractivity contribution in [3.8, 4) is 0 Å². The molecule has 0 spiro atoms. The second kappa shape index (κ2) is 6.72. The maximum atomic E-state index is 12.1. The number of hydrogen-bond donors (Lipinski definition) is 2. The van der Waals surface area contributed by atoms with E-state index in [2.05, 4.69) is 45.4 Å². The van der Waals surface area contributed by atoms with Crippen molar-refractivity contribution in [2.75, 3.05) is 10.6 Å². The van der Waals surface area contributed by atoms with Crippen LogP contribution >= 0.6 is 15.9 Å². The SMILES string of the molecule is Cc1ccc(NC(=O)c2ccc(NC(C)C)cn2)cc1Br. The quantitative estimate of drug-likeness (QED) is 0.870. The second-order valence-corrected chi connectivity index (χ2v) is 6.00. The van der Waals surface area contributed by atoms with Crippen LogP contribution in [0.1, 0.15) is 29.9 Å². The largest absolute Gasteiger partial charge is 0.382 e. The summed E-state index contributed by atoms with van der Waals surface area (Å²) in [7, 11) is 0. The van der Waals surface area contributed by atoms with Gasteiger partial charge in [0.25, 0.3) is 5.91 Å². The topological polar surface area (TPSA) is 54.0 Å². The number of pyridine rings is 1. The van der Waals surface area contributed by atoms with E-state index >= 15 is 0 Å². The van der Waals surface area contributed by atoms with Crippen LogP contribution < -0.4 is 10.6 Å². The van der Waals surface area contributed by atoms with Crippen molar-refractivity contribution in [2.45, 2.75) is 26.8 Å². The molecule has 0 atom stereocenters. The normalized spacial score (nSPS) is 10.5. The standard InChI is InChI=1S/C16H18BrN3O/c1-10(2)19-13-6-7-15(18-9-13)16(21)20-12-5-4-11(3)14(17)8-12/h4-10,19H,1-3H3,(H,20,21). The minimum absolute atomic E-state index is 0.221. The van der Waals surface area contributed by atoms with Gasteiger partial charge in [0.2, 0.25) is 0 Å². The van der Waals surface area contributed by atoms with Crippen molar-refractivity contribution < 1.29 is 4.79 Å². The number of carbonyl (C=O) groups excluding carboxylic acids is 1. The molecule has 0 unspecified atom stereocenters. The number of rotatable bonds is 4. The number of hydrogen-bond acceptors (Lipinski definition) is 3. The number of aromatic nitrogens is 1. The minimum atomic E-state index is -0.221. The Balaban J connectivity index is 2.07. The number of carbonyl (C=O) groups is 1. The number of amides is 1. The van der Waals surface area contributed by atoms with E-state index in [1.807, 2.05) is 31.2 Å². The molecule has 1 heterocycles. The van der Waals surface area contributed by atoms with Crippen LogP contribution in [0.2, 0.25) is 0 Å². The van der Waals surface area contributed by atoms with E-state index in [-0.39, 0.29) is 5.91 Å². The molecule has 1 amide bonds. The first-order valence-corrected chi connectivity index (χ1v) is 7.55. The summed E-state index contributed by atoms with van der Waals surface area (Å²) in [4.78, 5) is 16.3. The summed E-state index contributed by atoms with van der Waals surface area (Å²) in [5.41, 5.74) is 3.15. The van der Waals surface area contributed by atoms with Crippen LogP contribution in [0.25, 0.3) is 0 Å². The zero-order valence-corrected chi connectivity index (χ0v) is 13.9. The van der Waals surface area contributed by atoms with Crippen LogP contribution in [0.3, 0.4) is 0 Å². The number of aryl methyl sites for hydroxylation is 1. The van der Waals surface area contributed by atoms with Crippen LogP contribution in [0.5, 0.6) is 0 Å². The van der Waals surface area contributed by atoms with Gasteiger partial charge in [-0.05, 0) is 50.6 Å². The van der Waals surface area contributed by atoms with Crippen molar-refractivity contribution in [3.63, 3.8) is 0 Å². The molecule has 2 N–H and O–H groups in total. The molecule has 0 bridgehead atoms. The van der Waals surface area contributed by atoms with Gasteiger partial charge in [-0.3, -0.25) is 4.79 Å². The van der Waals surface area contributed by atoms with Crippen LogP contribution in [-0.4, -0.2) is 16.9 Å². The molecule has 0 saturated heterocycles. The summed E-state index contributed by atoms with van der Waals surface area (Å²) in [6, 6.07) is 9.59. The highest BCUT2D eigenvalue weighted by atomic mass is 79.9. The highest BCUT2D eigenvalue weighted by Gasteiger charge is 2.08. The Morgan fingerprint density at radius 3 is 2.48 bits per heavy atom. The summed E-state index contributed by atoms with van der Waals surface area (Å²) in [6.07, 6.45) is 1.67. The molecule has 21 heavy (non-hydrogen) atoms. The number of anilines is 2. The molecule has 0 fully saturated rings. The Labute approximate surface area is 133 Å². The van der Waals surface area contributed by atoms with E-state index in [0.29, 0.717) is 11.7 Å². The number of nitrogens with zero attached hydrogens (tertiary/aromatic N) is 1. The van der Waals surface area contributed by atoms with Crippen molar-refractivity contribution in [2.24, 2.45) is 0 Å². The van der Waals surface area contributed by atoms with Gasteiger partial charge >= 0.3 is 0 Å². The predicted octanol–water partition coefficient (Wildman–Crippen LogP) is 4.23. The Morgan fingerprint density at radius 2 is 1.90 bits per heavy atom. The molecule has 0 aliphatic rings. The molecule has 0 saturated carbocycles. The zero-order valence-electron chi connectivity index (χ0n) is 12.3. The van der Waals surface area contributed by atoms with Crippen molar-refractivity contribution in [3.05, 3.63) is 52.3 Å². The number of benzene rings is 1. The summed E-state index contributed by atoms with van der Waals surface area (Å²) in [5.74, 6) is -0.221. The lowest BCUT2D eigenvalue weighted by Crippen LogP contribution is -2.14. The Morgan fingerprint density at radius 1 is 1.19 bits per heavy atom. The van der Waals surface area contributed by atoms with Gasteiger partial charge in [0.05, 0.1) is 11.9 Å². The molecule has 1 aromatic heterocycles. The third kappa shape index (κ3) is 4.29. The summed E-state index contributed by atoms with van der Waals surface area (Å²) in [5, 5.41) is 6.07. The fourth-order valence-electron chi connectivity index (χ4n) is 1.81. The average molecular weight is 348 g/mol. The van der Waals surface area contributed by atoms with E-state index in [0.717, 1.165) is 21.4 Å². The maximum Gasteiger partial charge on any atom is 0.274 e. The third-order valence-electron chi connectivity index (χ3n) is 2.88. The van der Waals surface area contributed by atoms with Crippen LogP contribution in [-0.2, 0) is 0 Å². The lowest BCUT2D eigenvalue weighted by Gasteiger charge is -2.10. The smallest absolute Gasteiger partial charge is 0.274 e. The second-order valence-electron chi connectivity index (χ2n) is 5.15. The van der Waals surface area contributed by atoms with Crippen LogP contribution in [0, 0.1) is 6.92 Å². The molecule has 0 radical (unpaired) electrons. The van der Waals surface area contributed by atoms with E-state index in [4.69, 9.17) is 0 Å². The highest BCUT2D eigenvalue weighted by Crippen LogP contribution is 2.21. The van der Waals surface area contributed by atoms with Crippen LogP contribution in [0.4, 0.5) is 11.4 Å². The molecule has 0 aliphatic heterocycles. The van der Waals surface area contributed by atoms with Gasteiger partial charge in [-0.15, -0.1) is 0 Å². The Hall–Kier alpha value is -1.88. The predicted molar refractivity (Wildman–Crippen MR) is 89.8 cm³/mol. The zero-order chi connectivity index (χ0) is 15.4. The summed E-state index contributed by atoms with van der Waals surface area (Å²) >= 11 is 3.45. The van der Waals surface area contributed by atoms with Gasteiger partial charge in [0.15, 0.2) is 0 Å². The van der Waals surface area contributed by atoms with Gasteiger partial charge < -0.3 is 10.6 Å². The van der Waals surface area contributed by atoms with Crippen LogP contribution in [0.15, 0.2) is 41.0 Å². The maximum absolute atomic E-state index is 12.1. The van der Waals surface area contributed by atoms with Gasteiger partial charge in [-0.25, -0.2) is 4.98 Å². The fraction of sp³-hybridized carbons (Fsp3) is 0.250. The van der Waals surface area contributed by atoms with Gasteiger partial charge in [0, 0.05) is 16.2 Å². The third-order valence-corrected chi connectivity index (χ3v) is 3.74. The summed E-state index contributed by atoms with van der Waals surface area (Å²) in [6.45, 7) is 6.10. The molecule has 5 heteroatoms. The van der Waals surface area contributed by atoms with Crippen molar-refractivity contribution >= 4 is 33.2 Å². The molecule has 110 valence electrons. The molecule has 1 aromatic carbocycles. The monoisotopic (exact) mass is 347 g/mol.